The Morgan fingerprint density at radius 2 is 1.45 bits per heavy atom. The van der Waals surface area contributed by atoms with Crippen LogP contribution in [0, 0.1) is 17.0 Å². The number of non-ortho nitro benzene ring substituents is 1. The number of benzene rings is 3. The minimum atomic E-state index is -0.641. The summed E-state index contributed by atoms with van der Waals surface area (Å²) in [5, 5.41) is 10.7. The fourth-order valence-electron chi connectivity index (χ4n) is 2.52. The number of carbonyl (C=O) groups is 2. The second kappa shape index (κ2) is 8.75. The lowest BCUT2D eigenvalue weighted by molar-refractivity contribution is -0.384. The molecule has 0 amide bonds. The van der Waals surface area contributed by atoms with Gasteiger partial charge in [0.05, 0.1) is 10.5 Å². The predicted octanol–water partition coefficient (Wildman–Crippen LogP) is 5.02. The number of ketones is 1. The quantitative estimate of drug-likeness (QED) is 0.148. The van der Waals surface area contributed by atoms with Gasteiger partial charge < -0.3 is 4.74 Å². The van der Waals surface area contributed by atoms with Gasteiger partial charge in [-0.1, -0.05) is 35.9 Å². The van der Waals surface area contributed by atoms with E-state index in [-0.39, 0.29) is 22.8 Å². The fraction of sp³-hybridized carbons (Fsp3) is 0.0435. The number of hydrogen-bond donors (Lipinski definition) is 0. The highest BCUT2D eigenvalue weighted by molar-refractivity contribution is 6.06. The number of aryl methyl sites for hydroxylation is 1. The third kappa shape index (κ3) is 5.23. The number of esters is 1. The molecule has 0 aliphatic carbocycles. The molecule has 6 heteroatoms. The maximum absolute atomic E-state index is 12.3. The first-order valence-electron chi connectivity index (χ1n) is 8.78. The Hall–Kier alpha value is -4.06. The van der Waals surface area contributed by atoms with Gasteiger partial charge in [-0.2, -0.15) is 0 Å². The summed E-state index contributed by atoms with van der Waals surface area (Å²) >= 11 is 0. The number of ether oxygens (including phenoxy) is 1. The van der Waals surface area contributed by atoms with E-state index in [2.05, 4.69) is 0 Å². The van der Waals surface area contributed by atoms with E-state index in [9.17, 15) is 19.7 Å². The van der Waals surface area contributed by atoms with Crippen LogP contribution in [0.1, 0.15) is 31.8 Å². The smallest absolute Gasteiger partial charge is 0.343 e. The van der Waals surface area contributed by atoms with Crippen molar-refractivity contribution in [1.29, 1.82) is 0 Å². The SMILES string of the molecule is Cc1ccc(C=CC(=O)c2ccc(OC(=O)c3ccc([N+](=O)[O-])cc3)cc2)cc1. The van der Waals surface area contributed by atoms with E-state index in [1.54, 1.807) is 18.2 Å². The molecule has 0 radical (unpaired) electrons. The Morgan fingerprint density at radius 1 is 0.862 bits per heavy atom. The molecule has 0 fully saturated rings. The number of nitro benzene ring substituents is 1. The molecule has 0 aliphatic rings. The summed E-state index contributed by atoms with van der Waals surface area (Å²) in [6.45, 7) is 1.99. The van der Waals surface area contributed by atoms with Gasteiger partial charge in [-0.25, -0.2) is 4.79 Å². The predicted molar refractivity (Wildman–Crippen MR) is 109 cm³/mol. The highest BCUT2D eigenvalue weighted by atomic mass is 16.6. The number of nitrogens with zero attached hydrogens (tertiary/aromatic N) is 1. The van der Waals surface area contributed by atoms with Crippen LogP contribution in [0.3, 0.4) is 0 Å². The molecule has 144 valence electrons. The lowest BCUT2D eigenvalue weighted by Gasteiger charge is -2.05. The lowest BCUT2D eigenvalue weighted by atomic mass is 10.1. The summed E-state index contributed by atoms with van der Waals surface area (Å²) in [4.78, 5) is 34.5. The van der Waals surface area contributed by atoms with E-state index < -0.39 is 10.9 Å². The van der Waals surface area contributed by atoms with Crippen molar-refractivity contribution in [1.82, 2.24) is 0 Å². The van der Waals surface area contributed by atoms with Crippen molar-refractivity contribution in [3.8, 4) is 5.75 Å². The zero-order chi connectivity index (χ0) is 20.8. The molecule has 29 heavy (non-hydrogen) atoms. The van der Waals surface area contributed by atoms with Crippen LogP contribution in [-0.4, -0.2) is 16.7 Å². The van der Waals surface area contributed by atoms with Gasteiger partial charge in [0.1, 0.15) is 5.75 Å². The molecule has 0 atom stereocenters. The molecule has 3 aromatic rings. The average molecular weight is 387 g/mol. The summed E-state index contributed by atoms with van der Waals surface area (Å²) in [6, 6.07) is 19.1. The van der Waals surface area contributed by atoms with Crippen LogP contribution in [0.5, 0.6) is 5.75 Å². The first-order valence-corrected chi connectivity index (χ1v) is 8.78. The van der Waals surface area contributed by atoms with Crippen molar-refractivity contribution < 1.29 is 19.2 Å². The van der Waals surface area contributed by atoms with Crippen molar-refractivity contribution in [3.05, 3.63) is 111 Å². The zero-order valence-electron chi connectivity index (χ0n) is 15.6. The third-order valence-electron chi connectivity index (χ3n) is 4.17. The molecule has 0 aliphatic heterocycles. The van der Waals surface area contributed by atoms with Gasteiger partial charge >= 0.3 is 5.97 Å². The molecule has 0 unspecified atom stereocenters. The van der Waals surface area contributed by atoms with Crippen LogP contribution in [0.15, 0.2) is 78.9 Å². The summed E-state index contributed by atoms with van der Waals surface area (Å²) in [5.74, 6) is -0.538. The van der Waals surface area contributed by atoms with E-state index in [0.29, 0.717) is 5.56 Å². The summed E-state index contributed by atoms with van der Waals surface area (Å²) < 4.78 is 5.24. The molecule has 0 N–H and O–H groups in total. The summed E-state index contributed by atoms with van der Waals surface area (Å²) in [7, 11) is 0. The van der Waals surface area contributed by atoms with Crippen LogP contribution in [-0.2, 0) is 0 Å². The van der Waals surface area contributed by atoms with Crippen LogP contribution in [0.2, 0.25) is 0 Å². The van der Waals surface area contributed by atoms with Gasteiger partial charge in [0.15, 0.2) is 5.78 Å². The molecule has 3 aromatic carbocycles. The van der Waals surface area contributed by atoms with Crippen LogP contribution < -0.4 is 4.74 Å². The van der Waals surface area contributed by atoms with Crippen LogP contribution in [0.25, 0.3) is 6.08 Å². The van der Waals surface area contributed by atoms with Crippen LogP contribution in [0.4, 0.5) is 5.69 Å². The van der Waals surface area contributed by atoms with E-state index in [1.807, 2.05) is 31.2 Å². The first kappa shape index (κ1) is 19.7. The Kier molecular flexibility index (Phi) is 5.94. The van der Waals surface area contributed by atoms with E-state index in [4.69, 9.17) is 4.74 Å². The summed E-state index contributed by atoms with van der Waals surface area (Å²) in [6.07, 6.45) is 3.23. The van der Waals surface area contributed by atoms with E-state index >= 15 is 0 Å². The van der Waals surface area contributed by atoms with Crippen molar-refractivity contribution >= 4 is 23.5 Å². The van der Waals surface area contributed by atoms with Gasteiger partial charge in [-0.3, -0.25) is 14.9 Å². The second-order valence-electron chi connectivity index (χ2n) is 6.33. The van der Waals surface area contributed by atoms with Crippen LogP contribution >= 0.6 is 0 Å². The van der Waals surface area contributed by atoms with Crippen molar-refractivity contribution in [2.45, 2.75) is 6.92 Å². The molecule has 6 nitrogen and oxygen atoms in total. The average Bonchev–Trinajstić information content (AvgIpc) is 2.73. The van der Waals surface area contributed by atoms with Crippen molar-refractivity contribution in [3.63, 3.8) is 0 Å². The number of hydrogen-bond acceptors (Lipinski definition) is 5. The maximum Gasteiger partial charge on any atom is 0.343 e. The Morgan fingerprint density at radius 3 is 2.03 bits per heavy atom. The standard InChI is InChI=1S/C23H17NO5/c1-16-2-4-17(5-3-16)6-15-22(25)18-9-13-21(14-10-18)29-23(26)19-7-11-20(12-8-19)24(27)28/h2-15H,1H3. The molecule has 0 bridgehead atoms. The van der Waals surface area contributed by atoms with Gasteiger partial charge in [0, 0.05) is 17.7 Å². The summed E-state index contributed by atoms with van der Waals surface area (Å²) in [5.41, 5.74) is 2.62. The van der Waals surface area contributed by atoms with E-state index in [0.717, 1.165) is 11.1 Å². The third-order valence-corrected chi connectivity index (χ3v) is 4.17. The first-order chi connectivity index (χ1) is 13.9. The molecule has 0 spiro atoms. The topological polar surface area (TPSA) is 86.5 Å². The zero-order valence-corrected chi connectivity index (χ0v) is 15.6. The van der Waals surface area contributed by atoms with Gasteiger partial charge in [-0.15, -0.1) is 0 Å². The van der Waals surface area contributed by atoms with Crippen molar-refractivity contribution in [2.75, 3.05) is 0 Å². The second-order valence-corrected chi connectivity index (χ2v) is 6.33. The molecular weight excluding hydrogens is 370 g/mol. The maximum atomic E-state index is 12.3. The van der Waals surface area contributed by atoms with E-state index in [1.165, 1.54) is 42.5 Å². The molecular formula is C23H17NO5. The van der Waals surface area contributed by atoms with Gasteiger partial charge in [0.2, 0.25) is 0 Å². The monoisotopic (exact) mass is 387 g/mol. The number of allylic oxidation sites excluding steroid dienone is 1. The van der Waals surface area contributed by atoms with Gasteiger partial charge in [-0.05, 0) is 55.0 Å². The fourth-order valence-corrected chi connectivity index (χ4v) is 2.52. The number of nitro groups is 1. The highest BCUT2D eigenvalue weighted by Crippen LogP contribution is 2.17. The minimum absolute atomic E-state index is 0.108. The molecule has 0 saturated carbocycles. The molecule has 0 saturated heterocycles. The molecule has 0 heterocycles. The molecule has 0 aromatic heterocycles. The normalized spacial score (nSPS) is 10.7. The molecule has 3 rings (SSSR count). The largest absolute Gasteiger partial charge is 0.423 e. The minimum Gasteiger partial charge on any atom is -0.423 e. The highest BCUT2D eigenvalue weighted by Gasteiger charge is 2.12. The Labute approximate surface area is 167 Å². The lowest BCUT2D eigenvalue weighted by Crippen LogP contribution is -2.08. The number of rotatable bonds is 6. The Bertz CT molecular complexity index is 1070. The van der Waals surface area contributed by atoms with Crippen molar-refractivity contribution in [2.24, 2.45) is 0 Å². The Balaban J connectivity index is 1.63. The number of carbonyl (C=O) groups excluding carboxylic acids is 2. The van der Waals surface area contributed by atoms with Gasteiger partial charge in [0.25, 0.3) is 5.69 Å².